The van der Waals surface area contributed by atoms with Gasteiger partial charge in [0.1, 0.15) is 11.5 Å². The zero-order valence-electron chi connectivity index (χ0n) is 12.8. The van der Waals surface area contributed by atoms with E-state index in [1.807, 2.05) is 25.3 Å². The molecule has 4 nitrogen and oxygen atoms in total. The maximum absolute atomic E-state index is 5.60. The molecule has 0 atom stereocenters. The van der Waals surface area contributed by atoms with E-state index in [0.29, 0.717) is 0 Å². The molecule has 0 spiro atoms. The summed E-state index contributed by atoms with van der Waals surface area (Å²) in [5.41, 5.74) is 2.35. The second-order valence-electron chi connectivity index (χ2n) is 6.00. The van der Waals surface area contributed by atoms with E-state index in [9.17, 15) is 0 Å². The first-order valence-corrected chi connectivity index (χ1v) is 7.60. The molecule has 1 aliphatic rings. The van der Waals surface area contributed by atoms with Crippen molar-refractivity contribution in [3.8, 4) is 0 Å². The standard InChI is InChI=1S/C17H23N3O/c1-13-3-8-17(21-13)12-20(2)11-16-5-4-14(10-19-16)9-18-15-6-7-15/h3-5,8,10,15,18H,6-7,9,11-12H2,1-2H3. The molecule has 21 heavy (non-hydrogen) atoms. The zero-order valence-corrected chi connectivity index (χ0v) is 12.8. The Kier molecular flexibility index (Phi) is 4.36. The lowest BCUT2D eigenvalue weighted by Gasteiger charge is -2.14. The smallest absolute Gasteiger partial charge is 0.118 e. The number of pyridine rings is 1. The summed E-state index contributed by atoms with van der Waals surface area (Å²) in [6, 6.07) is 9.07. The molecule has 0 aliphatic heterocycles. The average Bonchev–Trinajstić information content (AvgIpc) is 3.21. The third kappa shape index (κ3) is 4.41. The van der Waals surface area contributed by atoms with Crippen LogP contribution >= 0.6 is 0 Å². The number of nitrogens with one attached hydrogen (secondary N) is 1. The summed E-state index contributed by atoms with van der Waals surface area (Å²) in [7, 11) is 2.09. The molecule has 0 unspecified atom stereocenters. The second kappa shape index (κ2) is 6.41. The van der Waals surface area contributed by atoms with Crippen LogP contribution in [-0.2, 0) is 19.6 Å². The molecule has 1 aliphatic carbocycles. The third-order valence-corrected chi connectivity index (χ3v) is 3.71. The van der Waals surface area contributed by atoms with Gasteiger partial charge in [0.05, 0.1) is 12.2 Å². The molecule has 2 aromatic heterocycles. The van der Waals surface area contributed by atoms with Crippen LogP contribution in [0.5, 0.6) is 0 Å². The molecule has 0 aromatic carbocycles. The Morgan fingerprint density at radius 2 is 2.10 bits per heavy atom. The van der Waals surface area contributed by atoms with E-state index in [4.69, 9.17) is 4.42 Å². The van der Waals surface area contributed by atoms with Crippen molar-refractivity contribution in [3.63, 3.8) is 0 Å². The molecule has 0 saturated heterocycles. The quantitative estimate of drug-likeness (QED) is 0.849. The van der Waals surface area contributed by atoms with Gasteiger partial charge in [-0.3, -0.25) is 9.88 Å². The first-order chi connectivity index (χ1) is 10.2. The van der Waals surface area contributed by atoms with Crippen LogP contribution in [0.15, 0.2) is 34.9 Å². The van der Waals surface area contributed by atoms with Gasteiger partial charge in [-0.1, -0.05) is 6.07 Å². The molecule has 3 rings (SSSR count). The van der Waals surface area contributed by atoms with Crippen LogP contribution in [0.2, 0.25) is 0 Å². The molecule has 2 heterocycles. The van der Waals surface area contributed by atoms with Crippen LogP contribution in [0.4, 0.5) is 0 Å². The summed E-state index contributed by atoms with van der Waals surface area (Å²) in [4.78, 5) is 6.76. The topological polar surface area (TPSA) is 41.3 Å². The van der Waals surface area contributed by atoms with Crippen LogP contribution in [0.25, 0.3) is 0 Å². The Bertz CT molecular complexity index is 572. The van der Waals surface area contributed by atoms with Gasteiger partial charge < -0.3 is 9.73 Å². The minimum Gasteiger partial charge on any atom is -0.465 e. The molecular formula is C17H23N3O. The Morgan fingerprint density at radius 3 is 2.71 bits per heavy atom. The van der Waals surface area contributed by atoms with Gasteiger partial charge in [-0.25, -0.2) is 0 Å². The number of hydrogen-bond donors (Lipinski definition) is 1. The van der Waals surface area contributed by atoms with E-state index in [1.165, 1.54) is 18.4 Å². The Hall–Kier alpha value is -1.65. The number of nitrogens with zero attached hydrogens (tertiary/aromatic N) is 2. The van der Waals surface area contributed by atoms with Gasteiger partial charge in [0.25, 0.3) is 0 Å². The van der Waals surface area contributed by atoms with Gasteiger partial charge in [-0.2, -0.15) is 0 Å². The van der Waals surface area contributed by atoms with E-state index in [1.54, 1.807) is 0 Å². The molecule has 2 aromatic rings. The van der Waals surface area contributed by atoms with Crippen LogP contribution in [0.1, 0.15) is 35.6 Å². The van der Waals surface area contributed by atoms with Gasteiger partial charge in [-0.05, 0) is 50.6 Å². The van der Waals surface area contributed by atoms with E-state index >= 15 is 0 Å². The fourth-order valence-electron chi connectivity index (χ4n) is 2.37. The summed E-state index contributed by atoms with van der Waals surface area (Å²) in [6.07, 6.45) is 4.63. The fraction of sp³-hybridized carbons (Fsp3) is 0.471. The maximum atomic E-state index is 5.60. The first kappa shape index (κ1) is 14.3. The zero-order chi connectivity index (χ0) is 14.7. The second-order valence-corrected chi connectivity index (χ2v) is 6.00. The average molecular weight is 285 g/mol. The summed E-state index contributed by atoms with van der Waals surface area (Å²) < 4.78 is 5.60. The predicted octanol–water partition coefficient (Wildman–Crippen LogP) is 2.87. The maximum Gasteiger partial charge on any atom is 0.118 e. The predicted molar refractivity (Wildman–Crippen MR) is 82.7 cm³/mol. The summed E-state index contributed by atoms with van der Waals surface area (Å²) in [5, 5.41) is 3.51. The van der Waals surface area contributed by atoms with E-state index in [2.05, 4.69) is 34.4 Å². The largest absolute Gasteiger partial charge is 0.465 e. The van der Waals surface area contributed by atoms with Gasteiger partial charge in [0.2, 0.25) is 0 Å². The van der Waals surface area contributed by atoms with Crippen molar-refractivity contribution in [3.05, 3.63) is 53.2 Å². The Labute approximate surface area is 126 Å². The summed E-state index contributed by atoms with van der Waals surface area (Å²) in [6.45, 7) is 4.54. The van der Waals surface area contributed by atoms with Crippen LogP contribution < -0.4 is 5.32 Å². The summed E-state index contributed by atoms with van der Waals surface area (Å²) in [5.74, 6) is 1.96. The molecule has 4 heteroatoms. The number of aryl methyl sites for hydroxylation is 1. The molecule has 112 valence electrons. The minimum atomic E-state index is 0.743. The van der Waals surface area contributed by atoms with Crippen LogP contribution in [0, 0.1) is 6.92 Å². The highest BCUT2D eigenvalue weighted by Gasteiger charge is 2.19. The molecule has 1 N–H and O–H groups in total. The van der Waals surface area contributed by atoms with Crippen molar-refractivity contribution < 1.29 is 4.42 Å². The minimum absolute atomic E-state index is 0.743. The molecule has 1 fully saturated rings. The fourth-order valence-corrected chi connectivity index (χ4v) is 2.37. The van der Waals surface area contributed by atoms with E-state index in [-0.39, 0.29) is 0 Å². The molecule has 0 radical (unpaired) electrons. The number of furan rings is 1. The summed E-state index contributed by atoms with van der Waals surface area (Å²) >= 11 is 0. The van der Waals surface area contributed by atoms with E-state index < -0.39 is 0 Å². The highest BCUT2D eigenvalue weighted by Crippen LogP contribution is 2.19. The van der Waals surface area contributed by atoms with Crippen molar-refractivity contribution in [1.29, 1.82) is 0 Å². The number of aromatic nitrogens is 1. The number of rotatable bonds is 7. The number of hydrogen-bond acceptors (Lipinski definition) is 4. The van der Waals surface area contributed by atoms with Crippen molar-refractivity contribution in [2.24, 2.45) is 0 Å². The van der Waals surface area contributed by atoms with E-state index in [0.717, 1.165) is 42.9 Å². The van der Waals surface area contributed by atoms with Crippen molar-refractivity contribution in [2.45, 2.75) is 45.4 Å². The lowest BCUT2D eigenvalue weighted by atomic mass is 10.2. The lowest BCUT2D eigenvalue weighted by Crippen LogP contribution is -2.18. The van der Waals surface area contributed by atoms with Crippen molar-refractivity contribution in [1.82, 2.24) is 15.2 Å². The Morgan fingerprint density at radius 1 is 1.24 bits per heavy atom. The highest BCUT2D eigenvalue weighted by atomic mass is 16.3. The van der Waals surface area contributed by atoms with Gasteiger partial charge in [0, 0.05) is 25.3 Å². The highest BCUT2D eigenvalue weighted by molar-refractivity contribution is 5.14. The normalized spacial score (nSPS) is 14.8. The third-order valence-electron chi connectivity index (χ3n) is 3.71. The van der Waals surface area contributed by atoms with Crippen LogP contribution in [-0.4, -0.2) is 23.0 Å². The van der Waals surface area contributed by atoms with Gasteiger partial charge >= 0.3 is 0 Å². The SMILES string of the molecule is Cc1ccc(CN(C)Cc2ccc(CNC3CC3)cn2)o1. The molecule has 1 saturated carbocycles. The van der Waals surface area contributed by atoms with Crippen molar-refractivity contribution in [2.75, 3.05) is 7.05 Å². The monoisotopic (exact) mass is 285 g/mol. The van der Waals surface area contributed by atoms with Crippen molar-refractivity contribution >= 4 is 0 Å². The molecule has 0 bridgehead atoms. The first-order valence-electron chi connectivity index (χ1n) is 7.60. The Balaban J connectivity index is 1.49. The lowest BCUT2D eigenvalue weighted by molar-refractivity contribution is 0.282. The van der Waals surface area contributed by atoms with Gasteiger partial charge in [0.15, 0.2) is 0 Å². The van der Waals surface area contributed by atoms with Gasteiger partial charge in [-0.15, -0.1) is 0 Å². The molecule has 0 amide bonds. The molecular weight excluding hydrogens is 262 g/mol. The van der Waals surface area contributed by atoms with Crippen LogP contribution in [0.3, 0.4) is 0 Å².